The van der Waals surface area contributed by atoms with Gasteiger partial charge in [0, 0.05) is 99.6 Å². The van der Waals surface area contributed by atoms with Crippen LogP contribution in [-0.4, -0.2) is 17.4 Å². The van der Waals surface area contributed by atoms with Crippen LogP contribution >= 0.6 is 0 Å². The van der Waals surface area contributed by atoms with Gasteiger partial charge < -0.3 is 0 Å². The van der Waals surface area contributed by atoms with E-state index < -0.39 is 0 Å². The fourth-order valence-electron chi connectivity index (χ4n) is 0. The average Bonchev–Trinajstić information content (AvgIpc) is 0. The summed E-state index contributed by atoms with van der Waals surface area (Å²) < 4.78 is 0. The van der Waals surface area contributed by atoms with E-state index in [0.29, 0.717) is 0 Å². The Labute approximate surface area is 115 Å². The fourth-order valence-corrected chi connectivity index (χ4v) is 0. The van der Waals surface area contributed by atoms with E-state index in [1.165, 1.54) is 0 Å². The van der Waals surface area contributed by atoms with E-state index in [2.05, 4.69) is 0 Å². The SMILES string of the molecule is [AlH3].[Cr].[Fe].[Mo].[Nb].[Ti]. The van der Waals surface area contributed by atoms with E-state index in [1.807, 2.05) is 0 Å². The Kier molecular flexibility index (Phi) is 333. The van der Waals surface area contributed by atoms with E-state index in [-0.39, 0.29) is 117 Å². The Balaban J connectivity index is 0. The van der Waals surface area contributed by atoms with Gasteiger partial charge in [-0.05, 0) is 0 Å². The zero-order valence-corrected chi connectivity index (χ0v) is 10.3. The van der Waals surface area contributed by atoms with Crippen molar-refractivity contribution in [2.24, 2.45) is 0 Å². The molecular weight excluding hydrogens is 372 g/mol. The van der Waals surface area contributed by atoms with E-state index in [9.17, 15) is 0 Å². The molecule has 0 aliphatic heterocycles. The van der Waals surface area contributed by atoms with Gasteiger partial charge in [0.2, 0.25) is 0 Å². The van der Waals surface area contributed by atoms with Crippen LogP contribution in [0.3, 0.4) is 0 Å². The minimum absolute atomic E-state index is 0. The number of hydrogen-bond acceptors (Lipinski definition) is 0. The van der Waals surface area contributed by atoms with Gasteiger partial charge in [0.25, 0.3) is 0 Å². The van der Waals surface area contributed by atoms with Crippen molar-refractivity contribution >= 4 is 17.4 Å². The molecule has 0 aromatic rings. The van der Waals surface area contributed by atoms with Crippen molar-refractivity contribution < 1.29 is 99.6 Å². The smallest absolute Gasteiger partial charge is 0 e. The average molecular weight is 375 g/mol. The molecule has 1 radical (unpaired) electrons. The summed E-state index contributed by atoms with van der Waals surface area (Å²) in [6.07, 6.45) is 0. The molecule has 0 heterocycles. The maximum Gasteiger partial charge on any atom is 0.187 e. The molecule has 0 fully saturated rings. The van der Waals surface area contributed by atoms with E-state index in [0.717, 1.165) is 0 Å². The van der Waals surface area contributed by atoms with E-state index in [4.69, 9.17) is 0 Å². The first-order chi connectivity index (χ1) is 0. The van der Waals surface area contributed by atoms with E-state index in [1.54, 1.807) is 0 Å². The van der Waals surface area contributed by atoms with Crippen LogP contribution in [0.5, 0.6) is 0 Å². The van der Waals surface area contributed by atoms with Crippen LogP contribution in [-0.2, 0) is 99.6 Å². The molecule has 0 saturated carbocycles. The molecule has 0 N–H and O–H groups in total. The molecule has 6 heavy (non-hydrogen) atoms. The molecule has 0 unspecified atom stereocenters. The summed E-state index contributed by atoms with van der Waals surface area (Å²) in [5.74, 6) is 0. The maximum absolute atomic E-state index is 0. The van der Waals surface area contributed by atoms with Gasteiger partial charge >= 0.3 is 0 Å². The molecule has 35 valence electrons. The molecule has 6 heteroatoms. The van der Waals surface area contributed by atoms with Crippen LogP contribution in [0, 0.1) is 0 Å². The van der Waals surface area contributed by atoms with Crippen LogP contribution < -0.4 is 0 Å². The zero-order valence-electron chi connectivity index (χ0n) is 2.12. The van der Waals surface area contributed by atoms with Gasteiger partial charge in [0.1, 0.15) is 0 Å². The van der Waals surface area contributed by atoms with Gasteiger partial charge in [-0.3, -0.25) is 0 Å². The number of hydrogen-bond donors (Lipinski definition) is 0. The molecule has 0 saturated heterocycles. The van der Waals surface area contributed by atoms with Gasteiger partial charge in [-0.2, -0.15) is 0 Å². The van der Waals surface area contributed by atoms with Gasteiger partial charge in [-0.1, -0.05) is 0 Å². The molecular formula is H3AlCrFeMoNbTi. The molecule has 0 aliphatic carbocycles. The topological polar surface area (TPSA) is 0 Å². The van der Waals surface area contributed by atoms with E-state index >= 15 is 0 Å². The Morgan fingerprint density at radius 2 is 1.00 bits per heavy atom. The third kappa shape index (κ3) is 25.2. The Morgan fingerprint density at radius 3 is 1.00 bits per heavy atom. The second kappa shape index (κ2) is 37.5. The Bertz CT molecular complexity index is 15.5. The second-order valence-corrected chi connectivity index (χ2v) is 0. The van der Waals surface area contributed by atoms with Crippen molar-refractivity contribution in [1.29, 1.82) is 0 Å². The zero-order chi connectivity index (χ0) is 0. The standard InChI is InChI=1S/Al.Cr.Fe.Mo.Nb.Ti.3H. The van der Waals surface area contributed by atoms with Crippen LogP contribution in [0.2, 0.25) is 0 Å². The molecule has 0 bridgehead atoms. The van der Waals surface area contributed by atoms with Gasteiger partial charge in [0.05, 0.1) is 0 Å². The first-order valence-electron chi connectivity index (χ1n) is 0. The van der Waals surface area contributed by atoms with Crippen LogP contribution in [0.4, 0.5) is 0 Å². The van der Waals surface area contributed by atoms with Gasteiger partial charge in [0.15, 0.2) is 17.4 Å². The monoisotopic (exact) mass is 377 g/mol. The normalized spacial score (nSPS) is 0. The molecule has 0 aromatic heterocycles. The van der Waals surface area contributed by atoms with Gasteiger partial charge in [-0.25, -0.2) is 0 Å². The van der Waals surface area contributed by atoms with Crippen molar-refractivity contribution in [3.63, 3.8) is 0 Å². The van der Waals surface area contributed by atoms with Crippen molar-refractivity contribution in [3.05, 3.63) is 0 Å². The van der Waals surface area contributed by atoms with Crippen molar-refractivity contribution in [2.45, 2.75) is 0 Å². The summed E-state index contributed by atoms with van der Waals surface area (Å²) in [5, 5.41) is 0. The first kappa shape index (κ1) is 53.3. The summed E-state index contributed by atoms with van der Waals surface area (Å²) in [5.41, 5.74) is 0. The van der Waals surface area contributed by atoms with Crippen molar-refractivity contribution in [1.82, 2.24) is 0 Å². The minimum Gasteiger partial charge on any atom is 0 e. The molecule has 0 atom stereocenters. The van der Waals surface area contributed by atoms with Crippen LogP contribution in [0.15, 0.2) is 0 Å². The second-order valence-electron chi connectivity index (χ2n) is 0. The molecule has 0 rings (SSSR count). The first-order valence-corrected chi connectivity index (χ1v) is 0. The predicted octanol–water partition coefficient (Wildman–Crippen LogP) is -1.20. The maximum atomic E-state index is 0. The third-order valence-corrected chi connectivity index (χ3v) is 0. The molecule has 0 nitrogen and oxygen atoms in total. The predicted molar refractivity (Wildman–Crippen MR) is 9.94 cm³/mol. The minimum atomic E-state index is 0. The summed E-state index contributed by atoms with van der Waals surface area (Å²) in [7, 11) is 0. The Hall–Kier alpha value is 3.73. The largest absolute Gasteiger partial charge is 0.187 e. The Morgan fingerprint density at radius 1 is 1.00 bits per heavy atom. The van der Waals surface area contributed by atoms with Crippen LogP contribution in [0.1, 0.15) is 0 Å². The molecule has 0 amide bonds. The molecule has 0 aliphatic rings. The summed E-state index contributed by atoms with van der Waals surface area (Å²) >= 11 is 0. The summed E-state index contributed by atoms with van der Waals surface area (Å²) in [6, 6.07) is 0. The molecule has 0 spiro atoms. The van der Waals surface area contributed by atoms with Gasteiger partial charge in [-0.15, -0.1) is 0 Å². The molecule has 0 aromatic carbocycles. The third-order valence-electron chi connectivity index (χ3n) is 0. The van der Waals surface area contributed by atoms with Crippen molar-refractivity contribution in [2.75, 3.05) is 0 Å². The number of rotatable bonds is 0. The summed E-state index contributed by atoms with van der Waals surface area (Å²) in [6.45, 7) is 0. The summed E-state index contributed by atoms with van der Waals surface area (Å²) in [4.78, 5) is 0. The van der Waals surface area contributed by atoms with Crippen molar-refractivity contribution in [3.8, 4) is 0 Å². The fraction of sp³-hybridized carbons (Fsp3) is 0. The van der Waals surface area contributed by atoms with Crippen LogP contribution in [0.25, 0.3) is 0 Å². The quantitative estimate of drug-likeness (QED) is 0.468.